The van der Waals surface area contributed by atoms with Crippen LogP contribution in [-0.2, 0) is 27.3 Å². The van der Waals surface area contributed by atoms with Crippen LogP contribution in [-0.4, -0.2) is 31.4 Å². The average Bonchev–Trinajstić information content (AvgIpc) is 3.08. The average molecular weight is 609 g/mol. The third-order valence-electron chi connectivity index (χ3n) is 9.03. The first-order chi connectivity index (χ1) is 22.1. The largest absolute Gasteiger partial charge is 0.490 e. The highest BCUT2D eigenvalue weighted by Gasteiger charge is 2.32. The molecular weight excluding hydrogens is 567 g/mol. The first kappa shape index (κ1) is 30.8. The number of hydrogen-bond donors (Lipinski definition) is 0. The summed E-state index contributed by atoms with van der Waals surface area (Å²) in [5, 5.41) is 0. The molecule has 0 heterocycles. The molecule has 0 saturated heterocycles. The van der Waals surface area contributed by atoms with Crippen molar-refractivity contribution in [1.29, 1.82) is 0 Å². The normalized spacial score (nSPS) is 21.0. The molecule has 4 aromatic carbocycles. The Labute approximate surface area is 265 Å². The summed E-state index contributed by atoms with van der Waals surface area (Å²) in [5.74, 6) is 1.56. The molecule has 234 valence electrons. The Morgan fingerprint density at radius 2 is 1.47 bits per heavy atom. The van der Waals surface area contributed by atoms with E-state index in [1.165, 1.54) is 16.7 Å². The quantitative estimate of drug-likeness (QED) is 0.160. The molecule has 1 saturated carbocycles. The smallest absolute Gasteiger partial charge is 0.332 e. The summed E-state index contributed by atoms with van der Waals surface area (Å²) in [6.07, 6.45) is 5.56. The molecule has 2 aliphatic carbocycles. The van der Waals surface area contributed by atoms with Crippen LogP contribution in [0.4, 0.5) is 4.39 Å². The zero-order chi connectivity index (χ0) is 31.0. The van der Waals surface area contributed by atoms with Gasteiger partial charge >= 0.3 is 5.97 Å². The number of rotatable bonds is 11. The fourth-order valence-corrected chi connectivity index (χ4v) is 6.76. The summed E-state index contributed by atoms with van der Waals surface area (Å²) >= 11 is 0. The minimum absolute atomic E-state index is 0.0106. The predicted octanol–water partition coefficient (Wildman–Crippen LogP) is 8.54. The van der Waals surface area contributed by atoms with Crippen LogP contribution in [0.5, 0.6) is 11.5 Å². The molecule has 4 aromatic rings. The molecule has 2 atom stereocenters. The lowest BCUT2D eigenvalue weighted by molar-refractivity contribution is -0.151. The number of esters is 1. The Bertz CT molecular complexity index is 1530. The van der Waals surface area contributed by atoms with Crippen molar-refractivity contribution in [2.75, 3.05) is 13.2 Å². The van der Waals surface area contributed by atoms with Gasteiger partial charge in [-0.3, -0.25) is 0 Å². The van der Waals surface area contributed by atoms with Crippen molar-refractivity contribution in [3.05, 3.63) is 131 Å². The predicted molar refractivity (Wildman–Crippen MR) is 172 cm³/mol. The highest BCUT2D eigenvalue weighted by molar-refractivity contribution is 5.70. The number of aryl methyl sites for hydroxylation is 1. The second-order valence-electron chi connectivity index (χ2n) is 12.0. The van der Waals surface area contributed by atoms with Gasteiger partial charge in [-0.15, -0.1) is 0 Å². The number of ether oxygens (including phenoxy) is 4. The van der Waals surface area contributed by atoms with E-state index in [2.05, 4.69) is 54.6 Å². The Kier molecular flexibility index (Phi) is 10.1. The molecule has 0 aromatic heterocycles. The maximum atomic E-state index is 13.9. The van der Waals surface area contributed by atoms with Crippen LogP contribution in [0, 0.1) is 5.82 Å². The summed E-state index contributed by atoms with van der Waals surface area (Å²) in [6.45, 7) is 2.71. The second-order valence-corrected chi connectivity index (χ2v) is 12.0. The van der Waals surface area contributed by atoms with Crippen LogP contribution < -0.4 is 9.47 Å². The molecule has 0 N–H and O–H groups in total. The molecule has 0 aliphatic heterocycles. The lowest BCUT2D eigenvalue weighted by atomic mass is 9.69. The topological polar surface area (TPSA) is 54.0 Å². The maximum absolute atomic E-state index is 13.9. The van der Waals surface area contributed by atoms with E-state index >= 15 is 0 Å². The first-order valence-electron chi connectivity index (χ1n) is 16.1. The molecule has 0 radical (unpaired) electrons. The molecule has 6 rings (SSSR count). The van der Waals surface area contributed by atoms with E-state index in [0.717, 1.165) is 61.2 Å². The zero-order valence-corrected chi connectivity index (χ0v) is 25.8. The number of hydrogen-bond acceptors (Lipinski definition) is 5. The van der Waals surface area contributed by atoms with E-state index in [9.17, 15) is 9.18 Å². The third-order valence-corrected chi connectivity index (χ3v) is 9.03. The number of halogens is 1. The lowest BCUT2D eigenvalue weighted by Crippen LogP contribution is -2.30. The van der Waals surface area contributed by atoms with Crippen LogP contribution in [0.3, 0.4) is 0 Å². The SMILES string of the molecule is CCOC(=O)COC1CCC(Oc2ccc([C@@H]3c4ccc(OCc5ccccc5)cc4CC[C@@H]3c3ccc(F)cc3)cc2)CC1. The second kappa shape index (κ2) is 14.7. The molecule has 2 aliphatic rings. The Morgan fingerprint density at radius 3 is 2.20 bits per heavy atom. The Morgan fingerprint density at radius 1 is 0.778 bits per heavy atom. The molecular formula is C39H41FO5. The van der Waals surface area contributed by atoms with Gasteiger partial charge in [0.15, 0.2) is 0 Å². The summed E-state index contributed by atoms with van der Waals surface area (Å²) in [7, 11) is 0. The van der Waals surface area contributed by atoms with Crippen LogP contribution in [0.25, 0.3) is 0 Å². The summed E-state index contributed by atoms with van der Waals surface area (Å²) in [4.78, 5) is 11.6. The van der Waals surface area contributed by atoms with E-state index < -0.39 is 0 Å². The van der Waals surface area contributed by atoms with E-state index in [4.69, 9.17) is 18.9 Å². The standard InChI is InChI=1S/C39H41FO5/c1-2-42-38(41)26-44-32-17-19-34(20-18-32)45-33-15-10-29(11-16-33)39-36(28-8-13-31(40)14-9-28)22-12-30-24-35(21-23-37(30)39)43-25-27-6-4-3-5-7-27/h3-11,13-16,21,23-24,32,34,36,39H,2,12,17-20,22,25-26H2,1H3/t32?,34?,36-,39+/m1/s1. The Hall–Kier alpha value is -4.16. The van der Waals surface area contributed by atoms with Crippen LogP contribution in [0.1, 0.15) is 78.7 Å². The van der Waals surface area contributed by atoms with Gasteiger partial charge in [0.05, 0.1) is 18.8 Å². The lowest BCUT2D eigenvalue weighted by Gasteiger charge is -2.35. The fourth-order valence-electron chi connectivity index (χ4n) is 6.76. The van der Waals surface area contributed by atoms with E-state index in [0.29, 0.717) is 13.2 Å². The van der Waals surface area contributed by atoms with E-state index in [-0.39, 0.29) is 42.4 Å². The van der Waals surface area contributed by atoms with Gasteiger partial charge in [-0.05, 0) is 116 Å². The van der Waals surface area contributed by atoms with Gasteiger partial charge in [-0.2, -0.15) is 0 Å². The number of carbonyl (C=O) groups excluding carboxylic acids is 1. The van der Waals surface area contributed by atoms with Crippen molar-refractivity contribution in [3.63, 3.8) is 0 Å². The van der Waals surface area contributed by atoms with Crippen molar-refractivity contribution in [1.82, 2.24) is 0 Å². The molecule has 0 spiro atoms. The van der Waals surface area contributed by atoms with Gasteiger partial charge in [-0.1, -0.05) is 60.7 Å². The van der Waals surface area contributed by atoms with Crippen LogP contribution >= 0.6 is 0 Å². The van der Waals surface area contributed by atoms with Gasteiger partial charge in [0, 0.05) is 5.92 Å². The van der Waals surface area contributed by atoms with Crippen molar-refractivity contribution in [3.8, 4) is 11.5 Å². The molecule has 0 amide bonds. The third kappa shape index (κ3) is 7.93. The number of benzene rings is 4. The van der Waals surface area contributed by atoms with Gasteiger partial charge in [0.2, 0.25) is 0 Å². The molecule has 0 unspecified atom stereocenters. The molecule has 1 fully saturated rings. The minimum atomic E-state index is -0.310. The van der Waals surface area contributed by atoms with Crippen molar-refractivity contribution >= 4 is 5.97 Å². The Balaban J connectivity index is 1.15. The summed E-state index contributed by atoms with van der Waals surface area (Å²) in [5.41, 5.74) is 6.09. The van der Waals surface area contributed by atoms with Gasteiger partial charge in [0.1, 0.15) is 30.5 Å². The van der Waals surface area contributed by atoms with Crippen LogP contribution in [0.15, 0.2) is 97.1 Å². The number of carbonyl (C=O) groups is 1. The van der Waals surface area contributed by atoms with Gasteiger partial charge in [-0.25, -0.2) is 9.18 Å². The highest BCUT2D eigenvalue weighted by Crippen LogP contribution is 2.47. The van der Waals surface area contributed by atoms with Crippen molar-refractivity contribution < 1.29 is 28.1 Å². The van der Waals surface area contributed by atoms with E-state index in [1.807, 2.05) is 30.3 Å². The van der Waals surface area contributed by atoms with Crippen molar-refractivity contribution in [2.45, 2.75) is 76.1 Å². The fraction of sp³-hybridized carbons (Fsp3) is 0.359. The zero-order valence-electron chi connectivity index (χ0n) is 25.8. The highest BCUT2D eigenvalue weighted by atomic mass is 19.1. The molecule has 5 nitrogen and oxygen atoms in total. The van der Waals surface area contributed by atoms with Crippen molar-refractivity contribution in [2.24, 2.45) is 0 Å². The molecule has 45 heavy (non-hydrogen) atoms. The van der Waals surface area contributed by atoms with Gasteiger partial charge < -0.3 is 18.9 Å². The molecule has 6 heteroatoms. The van der Waals surface area contributed by atoms with Crippen LogP contribution in [0.2, 0.25) is 0 Å². The maximum Gasteiger partial charge on any atom is 0.332 e. The summed E-state index contributed by atoms with van der Waals surface area (Å²) in [6, 6.07) is 32.2. The monoisotopic (exact) mass is 608 g/mol. The van der Waals surface area contributed by atoms with E-state index in [1.54, 1.807) is 19.1 Å². The molecule has 0 bridgehead atoms. The number of fused-ring (bicyclic) bond motifs is 1. The summed E-state index contributed by atoms with van der Waals surface area (Å²) < 4.78 is 37.1. The minimum Gasteiger partial charge on any atom is -0.490 e. The van der Waals surface area contributed by atoms with Gasteiger partial charge in [0.25, 0.3) is 0 Å². The first-order valence-corrected chi connectivity index (χ1v) is 16.1.